The monoisotopic (exact) mass is 288 g/mol. The summed E-state index contributed by atoms with van der Waals surface area (Å²) in [7, 11) is 3.91. The maximum atomic E-state index is 5.96. The van der Waals surface area contributed by atoms with Crippen LogP contribution >= 0.6 is 22.9 Å². The number of likely N-dealkylation sites (N-methyl/N-ethyl adjacent to an activating group) is 1. The second-order valence-corrected chi connectivity index (χ2v) is 6.71. The van der Waals surface area contributed by atoms with Crippen molar-refractivity contribution in [2.24, 2.45) is 0 Å². The standard InChI is InChI=1S/C13H21ClN2OS/c1-16(8-12-5-6-13(14)18-12)11(9-17-2)7-15-10-3-4-10/h5-6,10-11,15H,3-4,7-9H2,1-2H3. The van der Waals surface area contributed by atoms with Crippen molar-refractivity contribution in [2.75, 3.05) is 27.3 Å². The molecule has 2 rings (SSSR count). The highest BCUT2D eigenvalue weighted by Crippen LogP contribution is 2.23. The summed E-state index contributed by atoms with van der Waals surface area (Å²) in [5.41, 5.74) is 0. The zero-order chi connectivity index (χ0) is 13.0. The first-order valence-corrected chi connectivity index (χ1v) is 7.55. The Kier molecular flexibility index (Phi) is 5.45. The number of thiophene rings is 1. The third-order valence-corrected chi connectivity index (χ3v) is 4.45. The van der Waals surface area contributed by atoms with Gasteiger partial charge in [-0.25, -0.2) is 0 Å². The van der Waals surface area contributed by atoms with Gasteiger partial charge in [0.1, 0.15) is 0 Å². The molecule has 0 saturated heterocycles. The van der Waals surface area contributed by atoms with E-state index in [4.69, 9.17) is 16.3 Å². The molecule has 0 aliphatic heterocycles. The van der Waals surface area contributed by atoms with Crippen molar-refractivity contribution in [3.8, 4) is 0 Å². The van der Waals surface area contributed by atoms with E-state index in [1.165, 1.54) is 17.7 Å². The Bertz CT molecular complexity index is 368. The number of nitrogens with one attached hydrogen (secondary N) is 1. The maximum absolute atomic E-state index is 5.96. The lowest BCUT2D eigenvalue weighted by Crippen LogP contribution is -2.43. The Morgan fingerprint density at radius 3 is 2.89 bits per heavy atom. The normalized spacial score (nSPS) is 17.3. The lowest BCUT2D eigenvalue weighted by molar-refractivity contribution is 0.102. The average molecular weight is 289 g/mol. The molecule has 1 aliphatic rings. The molecule has 1 aliphatic carbocycles. The van der Waals surface area contributed by atoms with Crippen molar-refractivity contribution < 1.29 is 4.74 Å². The number of hydrogen-bond donors (Lipinski definition) is 1. The summed E-state index contributed by atoms with van der Waals surface area (Å²) in [6.07, 6.45) is 2.65. The molecule has 0 spiro atoms. The van der Waals surface area contributed by atoms with E-state index in [-0.39, 0.29) is 0 Å². The molecule has 3 nitrogen and oxygen atoms in total. The number of ether oxygens (including phenoxy) is 1. The van der Waals surface area contributed by atoms with Gasteiger partial charge in [-0.3, -0.25) is 4.90 Å². The van der Waals surface area contributed by atoms with Gasteiger partial charge in [-0.2, -0.15) is 0 Å². The van der Waals surface area contributed by atoms with Gasteiger partial charge in [-0.1, -0.05) is 11.6 Å². The molecule has 1 aromatic rings. The molecule has 1 atom stereocenters. The van der Waals surface area contributed by atoms with E-state index in [9.17, 15) is 0 Å². The Balaban J connectivity index is 1.83. The number of nitrogens with zero attached hydrogens (tertiary/aromatic N) is 1. The van der Waals surface area contributed by atoms with Gasteiger partial charge in [0, 0.05) is 37.2 Å². The van der Waals surface area contributed by atoms with Gasteiger partial charge in [-0.05, 0) is 32.0 Å². The molecule has 5 heteroatoms. The topological polar surface area (TPSA) is 24.5 Å². The molecule has 1 saturated carbocycles. The second-order valence-electron chi connectivity index (χ2n) is 4.91. The fraction of sp³-hybridized carbons (Fsp3) is 0.692. The van der Waals surface area contributed by atoms with Gasteiger partial charge in [0.25, 0.3) is 0 Å². The molecule has 0 bridgehead atoms. The van der Waals surface area contributed by atoms with E-state index in [2.05, 4.69) is 23.3 Å². The van der Waals surface area contributed by atoms with E-state index in [0.717, 1.165) is 30.1 Å². The summed E-state index contributed by atoms with van der Waals surface area (Å²) < 4.78 is 6.18. The molecule has 0 radical (unpaired) electrons. The van der Waals surface area contributed by atoms with Gasteiger partial charge >= 0.3 is 0 Å². The number of hydrogen-bond acceptors (Lipinski definition) is 4. The molecule has 1 unspecified atom stereocenters. The van der Waals surface area contributed by atoms with E-state index >= 15 is 0 Å². The lowest BCUT2D eigenvalue weighted by atomic mass is 10.2. The van der Waals surface area contributed by atoms with Crippen LogP contribution in [-0.2, 0) is 11.3 Å². The van der Waals surface area contributed by atoms with Crippen LogP contribution in [0.25, 0.3) is 0 Å². The first kappa shape index (κ1) is 14.3. The summed E-state index contributed by atoms with van der Waals surface area (Å²) >= 11 is 7.61. The lowest BCUT2D eigenvalue weighted by Gasteiger charge is -2.27. The maximum Gasteiger partial charge on any atom is 0.0931 e. The third-order valence-electron chi connectivity index (χ3n) is 3.24. The zero-order valence-corrected chi connectivity index (χ0v) is 12.6. The zero-order valence-electron chi connectivity index (χ0n) is 11.0. The number of rotatable bonds is 8. The quantitative estimate of drug-likeness (QED) is 0.796. The summed E-state index contributed by atoms with van der Waals surface area (Å²) in [6.45, 7) is 2.68. The van der Waals surface area contributed by atoms with Crippen LogP contribution in [0.15, 0.2) is 12.1 Å². The van der Waals surface area contributed by atoms with Crippen molar-refractivity contribution >= 4 is 22.9 Å². The molecule has 18 heavy (non-hydrogen) atoms. The van der Waals surface area contributed by atoms with Crippen molar-refractivity contribution in [1.82, 2.24) is 10.2 Å². The molecule has 0 amide bonds. The fourth-order valence-electron chi connectivity index (χ4n) is 1.94. The van der Waals surface area contributed by atoms with Crippen LogP contribution in [0.5, 0.6) is 0 Å². The largest absolute Gasteiger partial charge is 0.383 e. The molecule has 102 valence electrons. The van der Waals surface area contributed by atoms with Crippen LogP contribution in [0.4, 0.5) is 0 Å². The minimum atomic E-state index is 0.413. The third kappa shape index (κ3) is 4.52. The molecule has 1 fully saturated rings. The minimum Gasteiger partial charge on any atom is -0.383 e. The van der Waals surface area contributed by atoms with Crippen molar-refractivity contribution in [3.05, 3.63) is 21.3 Å². The number of halogens is 1. The molecule has 0 aromatic carbocycles. The van der Waals surface area contributed by atoms with Crippen LogP contribution in [0.2, 0.25) is 4.34 Å². The van der Waals surface area contributed by atoms with E-state index in [1.807, 2.05) is 6.07 Å². The van der Waals surface area contributed by atoms with Crippen molar-refractivity contribution in [2.45, 2.75) is 31.5 Å². The van der Waals surface area contributed by atoms with Gasteiger partial charge < -0.3 is 10.1 Å². The minimum absolute atomic E-state index is 0.413. The first-order chi connectivity index (χ1) is 8.69. The predicted octanol–water partition coefficient (Wildman–Crippen LogP) is 2.60. The highest BCUT2D eigenvalue weighted by atomic mass is 35.5. The summed E-state index contributed by atoms with van der Waals surface area (Å²) in [4.78, 5) is 3.64. The van der Waals surface area contributed by atoms with Crippen molar-refractivity contribution in [1.29, 1.82) is 0 Å². The van der Waals surface area contributed by atoms with Gasteiger partial charge in [0.2, 0.25) is 0 Å². The van der Waals surface area contributed by atoms with E-state index in [0.29, 0.717) is 6.04 Å². The van der Waals surface area contributed by atoms with Crippen LogP contribution in [0, 0.1) is 0 Å². The SMILES string of the molecule is COCC(CNC1CC1)N(C)Cc1ccc(Cl)s1. The van der Waals surface area contributed by atoms with Crippen LogP contribution < -0.4 is 5.32 Å². The Labute approximate surface area is 118 Å². The van der Waals surface area contributed by atoms with E-state index in [1.54, 1.807) is 18.4 Å². The first-order valence-electron chi connectivity index (χ1n) is 6.36. The van der Waals surface area contributed by atoms with Crippen LogP contribution in [0.1, 0.15) is 17.7 Å². The van der Waals surface area contributed by atoms with Gasteiger partial charge in [0.15, 0.2) is 0 Å². The van der Waals surface area contributed by atoms with Crippen molar-refractivity contribution in [3.63, 3.8) is 0 Å². The van der Waals surface area contributed by atoms with Gasteiger partial charge in [-0.15, -0.1) is 11.3 Å². The smallest absolute Gasteiger partial charge is 0.0931 e. The number of methoxy groups -OCH3 is 1. The van der Waals surface area contributed by atoms with Crippen LogP contribution in [0.3, 0.4) is 0 Å². The highest BCUT2D eigenvalue weighted by Gasteiger charge is 2.23. The average Bonchev–Trinajstić information content (AvgIpc) is 3.08. The summed E-state index contributed by atoms with van der Waals surface area (Å²) in [6, 6.07) is 5.22. The molecule has 1 heterocycles. The molecular formula is C13H21ClN2OS. The fourth-order valence-corrected chi connectivity index (χ4v) is 3.09. The summed E-state index contributed by atoms with van der Waals surface area (Å²) in [5, 5.41) is 3.57. The Hall–Kier alpha value is -0.130. The van der Waals surface area contributed by atoms with E-state index < -0.39 is 0 Å². The Morgan fingerprint density at radius 2 is 2.33 bits per heavy atom. The Morgan fingerprint density at radius 1 is 1.56 bits per heavy atom. The van der Waals surface area contributed by atoms with Gasteiger partial charge in [0.05, 0.1) is 10.9 Å². The molecule has 1 N–H and O–H groups in total. The summed E-state index contributed by atoms with van der Waals surface area (Å²) in [5.74, 6) is 0. The van der Waals surface area contributed by atoms with Crippen LogP contribution in [-0.4, -0.2) is 44.3 Å². The highest BCUT2D eigenvalue weighted by molar-refractivity contribution is 7.16. The molecule has 1 aromatic heterocycles. The second kappa shape index (κ2) is 6.87. The molecular weight excluding hydrogens is 268 g/mol. The predicted molar refractivity (Wildman–Crippen MR) is 77.5 cm³/mol.